The number of ether oxygens (including phenoxy) is 1. The lowest BCUT2D eigenvalue weighted by Gasteiger charge is -2.33. The van der Waals surface area contributed by atoms with Crippen molar-refractivity contribution >= 4 is 22.9 Å². The van der Waals surface area contributed by atoms with Crippen LogP contribution in [0.3, 0.4) is 0 Å². The Labute approximate surface area is 226 Å². The van der Waals surface area contributed by atoms with Gasteiger partial charge in [-0.1, -0.05) is 30.3 Å². The number of hydrogen-bond donors (Lipinski definition) is 4. The summed E-state index contributed by atoms with van der Waals surface area (Å²) in [6.07, 6.45) is 4.20. The Morgan fingerprint density at radius 3 is 2.63 bits per heavy atom. The number of nitrogens with one attached hydrogen (secondary N) is 2. The normalized spacial score (nSPS) is 15.6. The number of nitrogens with zero attached hydrogens (tertiary/aromatic N) is 2. The highest BCUT2D eigenvalue weighted by molar-refractivity contribution is 7.90. The summed E-state index contributed by atoms with van der Waals surface area (Å²) in [5.41, 5.74) is 1.58. The van der Waals surface area contributed by atoms with Crippen LogP contribution in [-0.4, -0.2) is 70.3 Å². The number of amides is 1. The van der Waals surface area contributed by atoms with Crippen LogP contribution in [0.25, 0.3) is 0 Å². The van der Waals surface area contributed by atoms with Crippen LogP contribution in [-0.2, 0) is 17.7 Å². The van der Waals surface area contributed by atoms with E-state index < -0.39 is 17.3 Å². The molecular formula is C28H34N4O5S. The summed E-state index contributed by atoms with van der Waals surface area (Å²) in [5.74, 6) is 1.11. The average Bonchev–Trinajstić information content (AvgIpc) is 2.95. The molecule has 2 atom stereocenters. The Kier molecular flexibility index (Phi) is 9.83. The highest BCUT2D eigenvalue weighted by atomic mass is 32.2. The number of phenolic OH excluding ortho intramolecular Hbond substituents is 1. The van der Waals surface area contributed by atoms with Crippen LogP contribution in [0, 0.1) is 0 Å². The summed E-state index contributed by atoms with van der Waals surface area (Å²) in [5, 5.41) is 26.4. The maximum atomic E-state index is 12.4. The maximum Gasteiger partial charge on any atom is 0.253 e. The summed E-state index contributed by atoms with van der Waals surface area (Å²) in [7, 11) is 0. The molecule has 9 nitrogen and oxygen atoms in total. The first-order valence-corrected chi connectivity index (χ1v) is 14.2. The van der Waals surface area contributed by atoms with Crippen molar-refractivity contribution in [3.63, 3.8) is 0 Å². The number of pyridine rings is 1. The van der Waals surface area contributed by atoms with Gasteiger partial charge in [0.25, 0.3) is 5.91 Å². The predicted molar refractivity (Wildman–Crippen MR) is 147 cm³/mol. The third-order valence-electron chi connectivity index (χ3n) is 6.45. The van der Waals surface area contributed by atoms with Crippen LogP contribution in [0.2, 0.25) is 0 Å². The molecule has 0 bridgehead atoms. The van der Waals surface area contributed by atoms with E-state index in [2.05, 4.69) is 20.5 Å². The smallest absolute Gasteiger partial charge is 0.253 e. The molecule has 1 aliphatic rings. The minimum atomic E-state index is -1.33. The van der Waals surface area contributed by atoms with Gasteiger partial charge in [0.2, 0.25) is 0 Å². The second-order valence-electron chi connectivity index (χ2n) is 9.29. The fraction of sp³-hybridized carbons (Fsp3) is 0.357. The zero-order valence-corrected chi connectivity index (χ0v) is 22.2. The Bertz CT molecular complexity index is 1170. The van der Waals surface area contributed by atoms with E-state index in [4.69, 9.17) is 4.74 Å². The van der Waals surface area contributed by atoms with Gasteiger partial charge in [0.1, 0.15) is 30.5 Å². The lowest BCUT2D eigenvalue weighted by Crippen LogP contribution is -2.45. The molecule has 1 amide bonds. The third-order valence-corrected chi connectivity index (χ3v) is 7.40. The first-order valence-electron chi connectivity index (χ1n) is 12.6. The monoisotopic (exact) mass is 538 g/mol. The Hall–Kier alpha value is -3.31. The molecule has 202 valence electrons. The van der Waals surface area contributed by atoms with Gasteiger partial charge in [0.05, 0.1) is 5.56 Å². The van der Waals surface area contributed by atoms with Gasteiger partial charge in [-0.2, -0.15) is 0 Å². The summed E-state index contributed by atoms with van der Waals surface area (Å²) in [6.45, 7) is 2.59. The van der Waals surface area contributed by atoms with E-state index >= 15 is 0 Å². The molecule has 2 aromatic carbocycles. The number of hydrogen-bond acceptors (Lipinski definition) is 8. The maximum absolute atomic E-state index is 12.4. The van der Waals surface area contributed by atoms with E-state index in [0.29, 0.717) is 29.3 Å². The second kappa shape index (κ2) is 13.5. The molecule has 2 unspecified atom stereocenters. The van der Waals surface area contributed by atoms with Crippen LogP contribution >= 0.6 is 0 Å². The van der Waals surface area contributed by atoms with Gasteiger partial charge in [-0.15, -0.1) is 0 Å². The topological polar surface area (TPSA) is 130 Å². The molecular weight excluding hydrogens is 504 g/mol. The average molecular weight is 539 g/mol. The zero-order valence-electron chi connectivity index (χ0n) is 21.4. The van der Waals surface area contributed by atoms with Crippen molar-refractivity contribution < 1.29 is 24.3 Å². The van der Waals surface area contributed by atoms with Gasteiger partial charge in [0.15, 0.2) is 10.6 Å². The lowest BCUT2D eigenvalue weighted by atomic mass is 10.0. The van der Waals surface area contributed by atoms with Gasteiger partial charge < -0.3 is 35.0 Å². The standard InChI is InChI=1S/C28H34N4O5S/c1-38(36)26-15-24(8-9-25(26)34)37-19-23(33)18-29-22-11-13-32(14-12-22)27-10-7-21(17-30-27)28(35)31-16-20-5-3-2-4-6-20/h2-10,15,17,22-23,29,33-34H,11-14,16,18-19H2,1H3,(H,31,35). The minimum absolute atomic E-state index is 0.0396. The third kappa shape index (κ3) is 7.84. The molecule has 1 aromatic heterocycles. The van der Waals surface area contributed by atoms with Crippen molar-refractivity contribution in [2.24, 2.45) is 0 Å². The second-order valence-corrected chi connectivity index (χ2v) is 10.6. The van der Waals surface area contributed by atoms with Crippen molar-refractivity contribution in [3.8, 4) is 11.5 Å². The van der Waals surface area contributed by atoms with Gasteiger partial charge in [0, 0.05) is 44.5 Å². The van der Waals surface area contributed by atoms with Crippen molar-refractivity contribution in [2.45, 2.75) is 36.4 Å². The SMILES string of the molecule is C[S+]([O-])c1cc(OCC(O)CNC2CCN(c3ccc(C(=O)NCc4ccccc4)cn3)CC2)ccc1O. The molecule has 0 saturated carbocycles. The number of aliphatic hydroxyl groups excluding tert-OH is 1. The van der Waals surface area contributed by atoms with Gasteiger partial charge >= 0.3 is 0 Å². The number of carbonyl (C=O) groups excluding carboxylic acids is 1. The number of carbonyl (C=O) groups is 1. The predicted octanol–water partition coefficient (Wildman–Crippen LogP) is 2.45. The number of aliphatic hydroxyl groups is 1. The first-order chi connectivity index (χ1) is 18.4. The summed E-state index contributed by atoms with van der Waals surface area (Å²) >= 11 is -1.33. The van der Waals surface area contributed by atoms with Gasteiger partial charge in [-0.25, -0.2) is 4.98 Å². The van der Waals surface area contributed by atoms with Crippen LogP contribution in [0.5, 0.6) is 11.5 Å². The quantitative estimate of drug-likeness (QED) is 0.274. The molecule has 1 saturated heterocycles. The number of rotatable bonds is 11. The molecule has 0 aliphatic carbocycles. The van der Waals surface area contributed by atoms with E-state index in [-0.39, 0.29) is 24.3 Å². The highest BCUT2D eigenvalue weighted by Crippen LogP contribution is 2.27. The highest BCUT2D eigenvalue weighted by Gasteiger charge is 2.21. The number of benzene rings is 2. The molecule has 1 aliphatic heterocycles. The fourth-order valence-electron chi connectivity index (χ4n) is 4.27. The molecule has 0 radical (unpaired) electrons. The molecule has 3 aromatic rings. The van der Waals surface area contributed by atoms with Gasteiger partial charge in [-0.3, -0.25) is 4.79 Å². The van der Waals surface area contributed by atoms with Crippen LogP contribution in [0.1, 0.15) is 28.8 Å². The number of anilines is 1. The largest absolute Gasteiger partial charge is 0.612 e. The number of piperidine rings is 1. The fourth-order valence-corrected chi connectivity index (χ4v) is 4.91. The summed E-state index contributed by atoms with van der Waals surface area (Å²) in [4.78, 5) is 19.4. The Morgan fingerprint density at radius 1 is 1.18 bits per heavy atom. The molecule has 4 N–H and O–H groups in total. The van der Waals surface area contributed by atoms with Crippen molar-refractivity contribution in [1.29, 1.82) is 0 Å². The van der Waals surface area contributed by atoms with Crippen LogP contribution in [0.15, 0.2) is 71.8 Å². The van der Waals surface area contributed by atoms with Crippen molar-refractivity contribution in [3.05, 3.63) is 78.0 Å². The van der Waals surface area contributed by atoms with E-state index in [1.807, 2.05) is 36.4 Å². The van der Waals surface area contributed by atoms with Crippen molar-refractivity contribution in [2.75, 3.05) is 37.4 Å². The van der Waals surface area contributed by atoms with E-state index in [0.717, 1.165) is 37.3 Å². The molecule has 10 heteroatoms. The molecule has 38 heavy (non-hydrogen) atoms. The van der Waals surface area contributed by atoms with E-state index in [1.54, 1.807) is 18.3 Å². The zero-order chi connectivity index (χ0) is 26.9. The molecule has 0 spiro atoms. The summed E-state index contributed by atoms with van der Waals surface area (Å²) in [6, 6.07) is 18.3. The van der Waals surface area contributed by atoms with Gasteiger partial charge in [-0.05, 0) is 53.8 Å². The van der Waals surface area contributed by atoms with E-state index in [1.165, 1.54) is 18.4 Å². The Morgan fingerprint density at radius 2 is 1.95 bits per heavy atom. The number of aromatic nitrogens is 1. The molecule has 4 rings (SSSR count). The minimum Gasteiger partial charge on any atom is -0.612 e. The molecule has 2 heterocycles. The number of aromatic hydroxyl groups is 1. The summed E-state index contributed by atoms with van der Waals surface area (Å²) < 4.78 is 17.3. The molecule has 1 fully saturated rings. The lowest BCUT2D eigenvalue weighted by molar-refractivity contribution is 0.0950. The van der Waals surface area contributed by atoms with Crippen molar-refractivity contribution in [1.82, 2.24) is 15.6 Å². The number of phenols is 1. The first kappa shape index (κ1) is 27.7. The van der Waals surface area contributed by atoms with Crippen LogP contribution < -0.4 is 20.3 Å². The Balaban J connectivity index is 1.16. The van der Waals surface area contributed by atoms with Crippen LogP contribution in [0.4, 0.5) is 5.82 Å². The van der Waals surface area contributed by atoms with E-state index in [9.17, 15) is 19.6 Å².